The molecular formula is C17H21N3O. The summed E-state index contributed by atoms with van der Waals surface area (Å²) in [4.78, 5) is 18.1. The van der Waals surface area contributed by atoms with E-state index >= 15 is 0 Å². The topological polar surface area (TPSA) is 45.2 Å². The first-order valence-corrected chi connectivity index (χ1v) is 7.25. The van der Waals surface area contributed by atoms with Gasteiger partial charge in [-0.05, 0) is 30.7 Å². The smallest absolute Gasteiger partial charge is 0.224 e. The van der Waals surface area contributed by atoms with Crippen LogP contribution in [0.1, 0.15) is 26.2 Å². The number of para-hydroxylation sites is 1. The lowest BCUT2D eigenvalue weighted by Gasteiger charge is -2.18. The highest BCUT2D eigenvalue weighted by atomic mass is 16.1. The number of rotatable bonds is 6. The van der Waals surface area contributed by atoms with E-state index in [0.717, 1.165) is 30.0 Å². The van der Waals surface area contributed by atoms with Gasteiger partial charge < -0.3 is 10.2 Å². The third-order valence-corrected chi connectivity index (χ3v) is 3.28. The number of benzene rings is 1. The van der Waals surface area contributed by atoms with E-state index in [-0.39, 0.29) is 5.91 Å². The van der Waals surface area contributed by atoms with Crippen molar-refractivity contribution in [2.75, 3.05) is 17.3 Å². The van der Waals surface area contributed by atoms with Gasteiger partial charge in [-0.2, -0.15) is 0 Å². The molecule has 0 spiro atoms. The first kappa shape index (κ1) is 15.0. The van der Waals surface area contributed by atoms with Crippen molar-refractivity contribution in [3.8, 4) is 0 Å². The van der Waals surface area contributed by atoms with Crippen molar-refractivity contribution >= 4 is 23.1 Å². The molecule has 0 aliphatic carbocycles. The molecule has 1 N–H and O–H groups in total. The second kappa shape index (κ2) is 7.43. The molecule has 2 rings (SSSR count). The van der Waals surface area contributed by atoms with E-state index in [1.807, 2.05) is 54.4 Å². The molecule has 1 heterocycles. The van der Waals surface area contributed by atoms with Gasteiger partial charge in [-0.25, -0.2) is 4.98 Å². The summed E-state index contributed by atoms with van der Waals surface area (Å²) < 4.78 is 0. The third-order valence-electron chi connectivity index (χ3n) is 3.28. The van der Waals surface area contributed by atoms with Crippen LogP contribution in [0.15, 0.2) is 48.7 Å². The lowest BCUT2D eigenvalue weighted by atomic mass is 10.2. The Bertz CT molecular complexity index is 566. The molecule has 0 fully saturated rings. The first-order valence-electron chi connectivity index (χ1n) is 7.25. The van der Waals surface area contributed by atoms with Crippen molar-refractivity contribution in [1.29, 1.82) is 0 Å². The van der Waals surface area contributed by atoms with Gasteiger partial charge in [0.25, 0.3) is 0 Å². The molecule has 0 unspecified atom stereocenters. The summed E-state index contributed by atoms with van der Waals surface area (Å²) >= 11 is 0. The Hall–Kier alpha value is -2.36. The molecule has 0 saturated carbocycles. The van der Waals surface area contributed by atoms with Gasteiger partial charge in [0.05, 0.1) is 11.9 Å². The Balaban J connectivity index is 2.00. The molecule has 0 aliphatic heterocycles. The Labute approximate surface area is 125 Å². The van der Waals surface area contributed by atoms with Gasteiger partial charge in [0, 0.05) is 19.2 Å². The third kappa shape index (κ3) is 4.31. The Morgan fingerprint density at radius 3 is 2.57 bits per heavy atom. The van der Waals surface area contributed by atoms with Crippen LogP contribution in [0.4, 0.5) is 17.2 Å². The zero-order chi connectivity index (χ0) is 15.1. The number of nitrogens with one attached hydrogen (secondary N) is 1. The fourth-order valence-electron chi connectivity index (χ4n) is 2.00. The molecule has 21 heavy (non-hydrogen) atoms. The maximum atomic E-state index is 11.7. The zero-order valence-corrected chi connectivity index (χ0v) is 12.5. The number of amides is 1. The van der Waals surface area contributed by atoms with Gasteiger partial charge in [0.2, 0.25) is 5.91 Å². The number of pyridine rings is 1. The van der Waals surface area contributed by atoms with E-state index in [1.165, 1.54) is 0 Å². The average molecular weight is 283 g/mol. The van der Waals surface area contributed by atoms with Crippen LogP contribution in [0.2, 0.25) is 0 Å². The Morgan fingerprint density at radius 1 is 1.19 bits per heavy atom. The fraction of sp³-hybridized carbons (Fsp3) is 0.294. The highest BCUT2D eigenvalue weighted by molar-refractivity contribution is 5.90. The molecule has 4 heteroatoms. The van der Waals surface area contributed by atoms with Gasteiger partial charge in [0.15, 0.2) is 0 Å². The van der Waals surface area contributed by atoms with Crippen LogP contribution >= 0.6 is 0 Å². The van der Waals surface area contributed by atoms with E-state index in [1.54, 1.807) is 6.20 Å². The average Bonchev–Trinajstić information content (AvgIpc) is 2.54. The van der Waals surface area contributed by atoms with Crippen molar-refractivity contribution in [3.05, 3.63) is 48.7 Å². The minimum atomic E-state index is 0.0443. The van der Waals surface area contributed by atoms with Gasteiger partial charge >= 0.3 is 0 Å². The molecule has 1 aromatic carbocycles. The molecule has 0 radical (unpaired) electrons. The van der Waals surface area contributed by atoms with Crippen LogP contribution in [-0.2, 0) is 4.79 Å². The highest BCUT2D eigenvalue weighted by Gasteiger charge is 2.06. The number of aromatic nitrogens is 1. The van der Waals surface area contributed by atoms with E-state index in [2.05, 4.69) is 17.2 Å². The number of hydrogen-bond donors (Lipinski definition) is 1. The zero-order valence-electron chi connectivity index (χ0n) is 12.5. The largest absolute Gasteiger partial charge is 0.329 e. The van der Waals surface area contributed by atoms with Crippen LogP contribution in [0.5, 0.6) is 0 Å². The van der Waals surface area contributed by atoms with Crippen molar-refractivity contribution in [1.82, 2.24) is 4.98 Å². The van der Waals surface area contributed by atoms with Crippen molar-refractivity contribution in [2.45, 2.75) is 26.2 Å². The summed E-state index contributed by atoms with van der Waals surface area (Å²) in [6.45, 7) is 2.07. The van der Waals surface area contributed by atoms with E-state index in [9.17, 15) is 4.79 Å². The summed E-state index contributed by atoms with van der Waals surface area (Å²) in [7, 11) is 1.97. The normalized spacial score (nSPS) is 10.2. The first-order chi connectivity index (χ1) is 10.2. The quantitative estimate of drug-likeness (QED) is 0.872. The standard InChI is InChI=1S/C17H21N3O/c1-3-4-10-17(21)19-14-11-12-16(18-13-14)20(2)15-8-6-5-7-9-15/h5-9,11-13H,3-4,10H2,1-2H3,(H,19,21). The van der Waals surface area contributed by atoms with Crippen molar-refractivity contribution in [3.63, 3.8) is 0 Å². The predicted molar refractivity (Wildman–Crippen MR) is 86.9 cm³/mol. The summed E-state index contributed by atoms with van der Waals surface area (Å²) in [5.74, 6) is 0.885. The number of carbonyl (C=O) groups is 1. The van der Waals surface area contributed by atoms with Gasteiger partial charge in [-0.3, -0.25) is 4.79 Å². The van der Waals surface area contributed by atoms with E-state index < -0.39 is 0 Å². The molecule has 0 saturated heterocycles. The molecule has 1 amide bonds. The van der Waals surface area contributed by atoms with E-state index in [0.29, 0.717) is 6.42 Å². The lowest BCUT2D eigenvalue weighted by Crippen LogP contribution is -2.13. The summed E-state index contributed by atoms with van der Waals surface area (Å²) in [5, 5.41) is 2.86. The second-order valence-corrected chi connectivity index (χ2v) is 4.95. The monoisotopic (exact) mass is 283 g/mol. The summed E-state index contributed by atoms with van der Waals surface area (Å²) in [6.07, 6.45) is 4.18. The molecule has 0 bridgehead atoms. The summed E-state index contributed by atoms with van der Waals surface area (Å²) in [5.41, 5.74) is 1.81. The van der Waals surface area contributed by atoms with Gasteiger partial charge in [-0.1, -0.05) is 31.5 Å². The van der Waals surface area contributed by atoms with Crippen LogP contribution in [0.25, 0.3) is 0 Å². The number of carbonyl (C=O) groups excluding carboxylic acids is 1. The fourth-order valence-corrected chi connectivity index (χ4v) is 2.00. The van der Waals surface area contributed by atoms with Crippen LogP contribution in [0.3, 0.4) is 0 Å². The van der Waals surface area contributed by atoms with Crippen LogP contribution in [-0.4, -0.2) is 17.9 Å². The second-order valence-electron chi connectivity index (χ2n) is 4.95. The van der Waals surface area contributed by atoms with Crippen LogP contribution < -0.4 is 10.2 Å². The van der Waals surface area contributed by atoms with Crippen LogP contribution in [0, 0.1) is 0 Å². The number of nitrogens with zero attached hydrogens (tertiary/aromatic N) is 2. The number of anilines is 3. The predicted octanol–water partition coefficient (Wildman–Crippen LogP) is 3.98. The number of hydrogen-bond acceptors (Lipinski definition) is 3. The Morgan fingerprint density at radius 2 is 1.95 bits per heavy atom. The lowest BCUT2D eigenvalue weighted by molar-refractivity contribution is -0.116. The summed E-state index contributed by atoms with van der Waals surface area (Å²) in [6, 6.07) is 13.8. The SMILES string of the molecule is CCCCC(=O)Nc1ccc(N(C)c2ccccc2)nc1. The molecule has 0 atom stereocenters. The maximum absolute atomic E-state index is 11.7. The molecule has 4 nitrogen and oxygen atoms in total. The van der Waals surface area contributed by atoms with Gasteiger partial charge in [0.1, 0.15) is 5.82 Å². The van der Waals surface area contributed by atoms with E-state index in [4.69, 9.17) is 0 Å². The highest BCUT2D eigenvalue weighted by Crippen LogP contribution is 2.21. The molecule has 1 aromatic heterocycles. The maximum Gasteiger partial charge on any atom is 0.224 e. The van der Waals surface area contributed by atoms with Gasteiger partial charge in [-0.15, -0.1) is 0 Å². The molecular weight excluding hydrogens is 262 g/mol. The van der Waals surface area contributed by atoms with Crippen molar-refractivity contribution in [2.24, 2.45) is 0 Å². The molecule has 110 valence electrons. The molecule has 0 aliphatic rings. The Kier molecular flexibility index (Phi) is 5.32. The minimum absolute atomic E-state index is 0.0443. The molecule has 2 aromatic rings. The number of unbranched alkanes of at least 4 members (excludes halogenated alkanes) is 1. The minimum Gasteiger partial charge on any atom is -0.329 e. The van der Waals surface area contributed by atoms with Crippen molar-refractivity contribution < 1.29 is 4.79 Å².